The van der Waals surface area contributed by atoms with Gasteiger partial charge in [0.25, 0.3) is 0 Å². The molecule has 5 heteroatoms. The third kappa shape index (κ3) is 3.78. The summed E-state index contributed by atoms with van der Waals surface area (Å²) in [5.74, 6) is 0.849. The maximum atomic E-state index is 15.8. The Labute approximate surface area is 277 Å². The normalized spacial score (nSPS) is 15.2. The molecule has 0 saturated heterocycles. The van der Waals surface area contributed by atoms with E-state index in [0.29, 0.717) is 0 Å². The van der Waals surface area contributed by atoms with Gasteiger partial charge in [0.2, 0.25) is 0 Å². The molecule has 0 spiro atoms. The Kier molecular flexibility index (Phi) is 5.82. The van der Waals surface area contributed by atoms with Gasteiger partial charge >= 0.3 is 0 Å². The van der Waals surface area contributed by atoms with Crippen LogP contribution in [0.3, 0.4) is 0 Å². The Hall–Kier alpha value is -5.96. The molecule has 9 aromatic rings. The second-order valence-electron chi connectivity index (χ2n) is 12.3. The standard InChI is InChI=1S/C43H28N3OP/c47-48(33-14-5-2-6-15-33)40-21-11-18-36-42(40)46(43(44-36)30-12-3-1-4-13-30)39-27-24-31(28-41(39)48)29-22-25-32(26-23-29)45-37-19-9-7-16-34(37)35-17-8-10-20-38(35)45/h1-28H. The molecule has 1 aliphatic heterocycles. The van der Waals surface area contributed by atoms with Crippen LogP contribution in [-0.4, -0.2) is 14.1 Å². The first-order chi connectivity index (χ1) is 23.7. The van der Waals surface area contributed by atoms with Crippen molar-refractivity contribution in [2.45, 2.75) is 0 Å². The Morgan fingerprint density at radius 1 is 0.479 bits per heavy atom. The zero-order valence-electron chi connectivity index (χ0n) is 25.9. The summed E-state index contributed by atoms with van der Waals surface area (Å²) in [7, 11) is -3.26. The summed E-state index contributed by atoms with van der Waals surface area (Å²) in [6, 6.07) is 58.5. The molecule has 0 aliphatic carbocycles. The largest absolute Gasteiger partial charge is 0.309 e. The highest BCUT2D eigenvalue weighted by Crippen LogP contribution is 2.50. The van der Waals surface area contributed by atoms with Crippen molar-refractivity contribution in [3.63, 3.8) is 0 Å². The van der Waals surface area contributed by atoms with Crippen molar-refractivity contribution < 1.29 is 4.57 Å². The monoisotopic (exact) mass is 633 g/mol. The third-order valence-electron chi connectivity index (χ3n) is 9.74. The quantitative estimate of drug-likeness (QED) is 0.181. The smallest absolute Gasteiger partial charge is 0.175 e. The molecule has 48 heavy (non-hydrogen) atoms. The molecule has 0 saturated carbocycles. The van der Waals surface area contributed by atoms with Crippen LogP contribution in [0.2, 0.25) is 0 Å². The van der Waals surface area contributed by atoms with E-state index in [0.717, 1.165) is 60.8 Å². The van der Waals surface area contributed by atoms with Crippen LogP contribution in [0.4, 0.5) is 0 Å². The fourth-order valence-corrected chi connectivity index (χ4v) is 10.6. The van der Waals surface area contributed by atoms with Gasteiger partial charge in [-0.15, -0.1) is 0 Å². The van der Waals surface area contributed by atoms with Crippen molar-refractivity contribution in [3.8, 4) is 33.9 Å². The SMILES string of the molecule is O=P1(c2ccccc2)c2cc(-c3ccc(-n4c5ccccc5c5ccccc54)cc3)ccc2-n2c(-c3ccccc3)nc3cccc1c32. The molecule has 0 radical (unpaired) electrons. The van der Waals surface area contributed by atoms with E-state index in [9.17, 15) is 0 Å². The molecule has 0 fully saturated rings. The van der Waals surface area contributed by atoms with Crippen LogP contribution in [-0.2, 0) is 4.57 Å². The van der Waals surface area contributed by atoms with Gasteiger partial charge in [0, 0.05) is 37.9 Å². The molecular formula is C43H28N3OP. The summed E-state index contributed by atoms with van der Waals surface area (Å²) in [4.78, 5) is 5.11. The van der Waals surface area contributed by atoms with Crippen LogP contribution in [0, 0.1) is 0 Å². The molecule has 7 aromatic carbocycles. The number of nitrogens with zero attached hydrogens (tertiary/aromatic N) is 3. The maximum Gasteiger partial charge on any atom is 0.175 e. The van der Waals surface area contributed by atoms with E-state index in [2.05, 4.69) is 112 Å². The van der Waals surface area contributed by atoms with Crippen LogP contribution in [0.15, 0.2) is 170 Å². The number of rotatable bonds is 4. The number of imidazole rings is 1. The number of fused-ring (bicyclic) bond motifs is 5. The topological polar surface area (TPSA) is 39.8 Å². The fraction of sp³-hybridized carbons (Fsp3) is 0. The highest BCUT2D eigenvalue weighted by Gasteiger charge is 2.40. The van der Waals surface area contributed by atoms with E-state index in [1.807, 2.05) is 66.7 Å². The van der Waals surface area contributed by atoms with Crippen LogP contribution in [0.25, 0.3) is 66.7 Å². The van der Waals surface area contributed by atoms with Gasteiger partial charge in [-0.1, -0.05) is 121 Å². The van der Waals surface area contributed by atoms with Gasteiger partial charge in [-0.05, 0) is 59.7 Å². The zero-order chi connectivity index (χ0) is 31.8. The van der Waals surface area contributed by atoms with Gasteiger partial charge in [0.1, 0.15) is 5.82 Å². The number of hydrogen-bond donors (Lipinski definition) is 0. The van der Waals surface area contributed by atoms with E-state index < -0.39 is 7.14 Å². The zero-order valence-corrected chi connectivity index (χ0v) is 26.8. The average Bonchev–Trinajstić information content (AvgIpc) is 3.72. The second kappa shape index (κ2) is 10.3. The molecule has 4 nitrogen and oxygen atoms in total. The van der Waals surface area contributed by atoms with Gasteiger partial charge in [-0.25, -0.2) is 4.98 Å². The lowest BCUT2D eigenvalue weighted by Gasteiger charge is -2.29. The predicted molar refractivity (Wildman–Crippen MR) is 199 cm³/mol. The molecular weight excluding hydrogens is 605 g/mol. The van der Waals surface area contributed by atoms with Gasteiger partial charge in [-0.3, -0.25) is 4.57 Å². The maximum absolute atomic E-state index is 15.8. The molecule has 226 valence electrons. The minimum atomic E-state index is -3.26. The summed E-state index contributed by atoms with van der Waals surface area (Å²) < 4.78 is 20.4. The summed E-state index contributed by atoms with van der Waals surface area (Å²) in [5, 5.41) is 4.96. The highest BCUT2D eigenvalue weighted by atomic mass is 31.2. The van der Waals surface area contributed by atoms with Crippen molar-refractivity contribution in [1.29, 1.82) is 0 Å². The Bertz CT molecular complexity index is 2690. The van der Waals surface area contributed by atoms with Crippen LogP contribution in [0.1, 0.15) is 0 Å². The first-order valence-electron chi connectivity index (χ1n) is 16.2. The van der Waals surface area contributed by atoms with Crippen molar-refractivity contribution in [3.05, 3.63) is 170 Å². The number of para-hydroxylation sites is 3. The van der Waals surface area contributed by atoms with Crippen molar-refractivity contribution >= 4 is 55.9 Å². The second-order valence-corrected chi connectivity index (χ2v) is 15.0. The number of benzene rings is 7. The van der Waals surface area contributed by atoms with Crippen LogP contribution < -0.4 is 15.9 Å². The summed E-state index contributed by atoms with van der Waals surface area (Å²) >= 11 is 0. The van der Waals surface area contributed by atoms with Crippen molar-refractivity contribution in [2.75, 3.05) is 0 Å². The van der Waals surface area contributed by atoms with Crippen molar-refractivity contribution in [1.82, 2.24) is 14.1 Å². The Morgan fingerprint density at radius 3 is 1.81 bits per heavy atom. The molecule has 0 bridgehead atoms. The van der Waals surface area contributed by atoms with E-state index in [-0.39, 0.29) is 0 Å². The molecule has 2 aromatic heterocycles. The van der Waals surface area contributed by atoms with Gasteiger partial charge in [-0.2, -0.15) is 0 Å². The number of hydrogen-bond acceptors (Lipinski definition) is 2. The van der Waals surface area contributed by atoms with Gasteiger partial charge in [0.15, 0.2) is 7.14 Å². The minimum absolute atomic E-state index is 0.825. The summed E-state index contributed by atoms with van der Waals surface area (Å²) in [6.07, 6.45) is 0. The lowest BCUT2D eigenvalue weighted by molar-refractivity contribution is 0.592. The lowest BCUT2D eigenvalue weighted by Crippen LogP contribution is -2.33. The number of aromatic nitrogens is 3. The first-order valence-corrected chi connectivity index (χ1v) is 17.9. The molecule has 1 atom stereocenters. The van der Waals surface area contributed by atoms with E-state index in [1.54, 1.807) is 0 Å². The predicted octanol–water partition coefficient (Wildman–Crippen LogP) is 9.41. The van der Waals surface area contributed by atoms with E-state index in [1.165, 1.54) is 21.8 Å². The highest BCUT2D eigenvalue weighted by molar-refractivity contribution is 7.86. The van der Waals surface area contributed by atoms with Gasteiger partial charge in [0.05, 0.1) is 27.8 Å². The minimum Gasteiger partial charge on any atom is -0.309 e. The average molecular weight is 634 g/mol. The van der Waals surface area contributed by atoms with Crippen molar-refractivity contribution in [2.24, 2.45) is 0 Å². The molecule has 1 unspecified atom stereocenters. The molecule has 0 amide bonds. The summed E-state index contributed by atoms with van der Waals surface area (Å²) in [6.45, 7) is 0. The Balaban J connectivity index is 1.18. The molecule has 3 heterocycles. The van der Waals surface area contributed by atoms with E-state index in [4.69, 9.17) is 4.98 Å². The molecule has 10 rings (SSSR count). The van der Waals surface area contributed by atoms with Crippen LogP contribution >= 0.6 is 7.14 Å². The van der Waals surface area contributed by atoms with E-state index >= 15 is 4.57 Å². The third-order valence-corrected chi connectivity index (χ3v) is 12.8. The fourth-order valence-electron chi connectivity index (χ4n) is 7.57. The van der Waals surface area contributed by atoms with Gasteiger partial charge < -0.3 is 9.13 Å². The Morgan fingerprint density at radius 2 is 1.10 bits per heavy atom. The first kappa shape index (κ1) is 27.2. The lowest BCUT2D eigenvalue weighted by atomic mass is 10.0. The van der Waals surface area contributed by atoms with Crippen LogP contribution in [0.5, 0.6) is 0 Å². The summed E-state index contributed by atoms with van der Waals surface area (Å²) in [5.41, 5.74) is 9.26. The molecule has 0 N–H and O–H groups in total. The molecule has 1 aliphatic rings.